The van der Waals surface area contributed by atoms with E-state index in [4.69, 9.17) is 4.99 Å². The Balaban J connectivity index is 1.80. The molecule has 1 saturated heterocycles. The summed E-state index contributed by atoms with van der Waals surface area (Å²) in [5, 5.41) is 12.2. The highest BCUT2D eigenvalue weighted by atomic mass is 32.2. The van der Waals surface area contributed by atoms with Gasteiger partial charge in [-0.3, -0.25) is 20.1 Å². The topological polar surface area (TPSA) is 71.6 Å². The zero-order valence-corrected chi connectivity index (χ0v) is 14.6. The number of nitro benzene ring substituents is 1. The lowest BCUT2D eigenvalue weighted by Gasteiger charge is -2.31. The highest BCUT2D eigenvalue weighted by molar-refractivity contribution is 8.14. The summed E-state index contributed by atoms with van der Waals surface area (Å²) in [4.78, 5) is 22.6. The van der Waals surface area contributed by atoms with Gasteiger partial charge < -0.3 is 4.90 Å². The Kier molecular flexibility index (Phi) is 4.17. The lowest BCUT2D eigenvalue weighted by molar-refractivity contribution is -0.385. The van der Waals surface area contributed by atoms with E-state index in [-0.39, 0.29) is 22.7 Å². The average molecular weight is 354 g/mol. The molecule has 1 aromatic heterocycles. The van der Waals surface area contributed by atoms with Crippen LogP contribution >= 0.6 is 11.8 Å². The van der Waals surface area contributed by atoms with Crippen molar-refractivity contribution in [3.05, 3.63) is 70.0 Å². The summed E-state index contributed by atoms with van der Waals surface area (Å²) in [6.45, 7) is 2.17. The third kappa shape index (κ3) is 2.78. The Morgan fingerprint density at radius 1 is 1.32 bits per heavy atom. The summed E-state index contributed by atoms with van der Waals surface area (Å²) in [5.74, 6) is 1.01. The largest absolute Gasteiger partial charge is 0.338 e. The highest BCUT2D eigenvalue weighted by Gasteiger charge is 2.45. The zero-order valence-electron chi connectivity index (χ0n) is 13.8. The number of fused-ring (bicyclic) bond motifs is 1. The molecule has 0 aliphatic carbocycles. The van der Waals surface area contributed by atoms with E-state index in [1.807, 2.05) is 24.3 Å². The fourth-order valence-electron chi connectivity index (χ4n) is 3.53. The Morgan fingerprint density at radius 2 is 2.20 bits per heavy atom. The molecule has 3 atom stereocenters. The van der Waals surface area contributed by atoms with Gasteiger partial charge in [0.2, 0.25) is 0 Å². The van der Waals surface area contributed by atoms with E-state index < -0.39 is 0 Å². The van der Waals surface area contributed by atoms with Gasteiger partial charge in [0.05, 0.1) is 16.7 Å². The van der Waals surface area contributed by atoms with E-state index in [0.717, 1.165) is 28.6 Å². The molecule has 6 nitrogen and oxygen atoms in total. The van der Waals surface area contributed by atoms with Crippen LogP contribution in [0.15, 0.2) is 53.7 Å². The van der Waals surface area contributed by atoms with Gasteiger partial charge in [-0.25, -0.2) is 0 Å². The summed E-state index contributed by atoms with van der Waals surface area (Å²) < 4.78 is 0. The molecular formula is C18H18N4O2S. The predicted octanol–water partition coefficient (Wildman–Crippen LogP) is 3.97. The number of thioether (sulfide) groups is 1. The van der Waals surface area contributed by atoms with Gasteiger partial charge in [0.15, 0.2) is 5.17 Å². The number of non-ortho nitro benzene ring substituents is 1. The summed E-state index contributed by atoms with van der Waals surface area (Å²) in [5.41, 5.74) is 1.94. The summed E-state index contributed by atoms with van der Waals surface area (Å²) >= 11 is 1.77. The Bertz CT molecular complexity index is 827. The minimum Gasteiger partial charge on any atom is -0.338 e. The summed E-state index contributed by atoms with van der Waals surface area (Å²) in [6, 6.07) is 13.0. The zero-order chi connectivity index (χ0) is 17.4. The maximum Gasteiger partial charge on any atom is 0.269 e. The molecule has 1 fully saturated rings. The minimum atomic E-state index is -0.341. The van der Waals surface area contributed by atoms with Gasteiger partial charge in [0.25, 0.3) is 5.69 Å². The van der Waals surface area contributed by atoms with Crippen LogP contribution in [-0.2, 0) is 0 Å². The number of nitro groups is 1. The van der Waals surface area contributed by atoms with Crippen LogP contribution in [0.2, 0.25) is 0 Å². The first-order valence-electron chi connectivity index (χ1n) is 8.33. The van der Waals surface area contributed by atoms with E-state index in [0.29, 0.717) is 6.04 Å². The molecule has 0 saturated carbocycles. The number of benzene rings is 1. The van der Waals surface area contributed by atoms with Crippen LogP contribution in [0.1, 0.15) is 36.7 Å². The monoisotopic (exact) mass is 354 g/mol. The fraction of sp³-hybridized carbons (Fsp3) is 0.333. The highest BCUT2D eigenvalue weighted by Crippen LogP contribution is 2.48. The molecule has 7 heteroatoms. The number of aromatic nitrogens is 1. The second-order valence-electron chi connectivity index (χ2n) is 6.19. The molecule has 25 heavy (non-hydrogen) atoms. The molecule has 128 valence electrons. The number of pyridine rings is 1. The Hall–Kier alpha value is -2.41. The molecule has 4 rings (SSSR count). The summed E-state index contributed by atoms with van der Waals surface area (Å²) in [7, 11) is 0. The van der Waals surface area contributed by atoms with E-state index in [2.05, 4.69) is 16.8 Å². The molecule has 0 spiro atoms. The smallest absolute Gasteiger partial charge is 0.269 e. The molecule has 0 N–H and O–H groups in total. The SMILES string of the molecule is CC[C@@H]1CSC2=N[C@H](c3ccccn3)[C@H](c3cccc([N+](=O)[O-])c3)N21. The molecule has 3 heterocycles. The van der Waals surface area contributed by atoms with E-state index in [1.54, 1.807) is 30.1 Å². The van der Waals surface area contributed by atoms with Gasteiger partial charge in [0.1, 0.15) is 6.04 Å². The van der Waals surface area contributed by atoms with Gasteiger partial charge in [-0.15, -0.1) is 0 Å². The van der Waals surface area contributed by atoms with Crippen LogP contribution < -0.4 is 0 Å². The van der Waals surface area contributed by atoms with Gasteiger partial charge in [0, 0.05) is 30.1 Å². The van der Waals surface area contributed by atoms with Crippen molar-refractivity contribution in [1.29, 1.82) is 0 Å². The standard InChI is InChI=1S/C18H18N4O2S/c1-2-13-11-25-18-20-16(15-8-3-4-9-19-15)17(21(13)18)12-6-5-7-14(10-12)22(23)24/h3-10,13,16-17H,2,11H2,1H3/t13-,16-,17+/m1/s1. The van der Waals surface area contributed by atoms with Crippen molar-refractivity contribution < 1.29 is 4.92 Å². The van der Waals surface area contributed by atoms with Crippen molar-refractivity contribution in [2.24, 2.45) is 4.99 Å². The van der Waals surface area contributed by atoms with Gasteiger partial charge in [-0.05, 0) is 24.1 Å². The Labute approximate surface area is 150 Å². The number of amidine groups is 1. The van der Waals surface area contributed by atoms with Crippen molar-refractivity contribution in [2.45, 2.75) is 31.5 Å². The quantitative estimate of drug-likeness (QED) is 0.614. The first-order chi connectivity index (χ1) is 12.2. The molecule has 0 unspecified atom stereocenters. The van der Waals surface area contributed by atoms with Crippen LogP contribution in [0.3, 0.4) is 0 Å². The first-order valence-corrected chi connectivity index (χ1v) is 9.32. The number of rotatable bonds is 4. The van der Waals surface area contributed by atoms with Crippen molar-refractivity contribution in [1.82, 2.24) is 9.88 Å². The maximum atomic E-state index is 11.2. The van der Waals surface area contributed by atoms with Crippen molar-refractivity contribution in [3.63, 3.8) is 0 Å². The molecular weight excluding hydrogens is 336 g/mol. The first kappa shape index (κ1) is 16.1. The maximum absolute atomic E-state index is 11.2. The molecule has 2 aliphatic rings. The molecule has 0 bridgehead atoms. The molecule has 0 radical (unpaired) electrons. The van der Waals surface area contributed by atoms with Gasteiger partial charge in [-0.1, -0.05) is 36.9 Å². The Morgan fingerprint density at radius 3 is 2.92 bits per heavy atom. The second kappa shape index (κ2) is 6.48. The van der Waals surface area contributed by atoms with Gasteiger partial charge >= 0.3 is 0 Å². The lowest BCUT2D eigenvalue weighted by atomic mass is 9.95. The third-order valence-electron chi connectivity index (χ3n) is 4.75. The molecule has 2 aliphatic heterocycles. The summed E-state index contributed by atoms with van der Waals surface area (Å²) in [6.07, 6.45) is 2.79. The van der Waals surface area contributed by atoms with Crippen LogP contribution in [0.5, 0.6) is 0 Å². The molecule has 2 aromatic rings. The minimum absolute atomic E-state index is 0.0512. The van der Waals surface area contributed by atoms with E-state index in [9.17, 15) is 10.1 Å². The van der Waals surface area contributed by atoms with E-state index in [1.165, 1.54) is 6.07 Å². The number of hydrogen-bond acceptors (Lipinski definition) is 6. The number of aliphatic imine (C=N–C) groups is 1. The lowest BCUT2D eigenvalue weighted by Crippen LogP contribution is -2.35. The van der Waals surface area contributed by atoms with E-state index >= 15 is 0 Å². The van der Waals surface area contributed by atoms with Crippen molar-refractivity contribution in [3.8, 4) is 0 Å². The van der Waals surface area contributed by atoms with Crippen LogP contribution in [0, 0.1) is 10.1 Å². The van der Waals surface area contributed by atoms with Crippen LogP contribution in [0.25, 0.3) is 0 Å². The average Bonchev–Trinajstić information content (AvgIpc) is 3.21. The molecule has 0 amide bonds. The number of nitrogens with zero attached hydrogens (tertiary/aromatic N) is 4. The van der Waals surface area contributed by atoms with Crippen molar-refractivity contribution in [2.75, 3.05) is 5.75 Å². The second-order valence-corrected chi connectivity index (χ2v) is 7.18. The normalized spacial score (nSPS) is 24.9. The molecule has 1 aromatic carbocycles. The van der Waals surface area contributed by atoms with Crippen LogP contribution in [0.4, 0.5) is 5.69 Å². The van der Waals surface area contributed by atoms with Crippen molar-refractivity contribution >= 4 is 22.6 Å². The third-order valence-corrected chi connectivity index (χ3v) is 5.88. The fourth-order valence-corrected chi connectivity index (χ4v) is 4.87. The van der Waals surface area contributed by atoms with Crippen LogP contribution in [-0.4, -0.2) is 31.8 Å². The predicted molar refractivity (Wildman–Crippen MR) is 98.6 cm³/mol. The van der Waals surface area contributed by atoms with Gasteiger partial charge in [-0.2, -0.15) is 0 Å². The number of hydrogen-bond donors (Lipinski definition) is 0.